The maximum Gasteiger partial charge on any atom is 0.309 e. The van der Waals surface area contributed by atoms with Gasteiger partial charge in [0.2, 0.25) is 0 Å². The molecule has 0 radical (unpaired) electrons. The number of Topliss-reactive ketones (excluding diaryl/α,β-unsaturated/α-hetero) is 2. The lowest BCUT2D eigenvalue weighted by atomic mass is 9.33. The summed E-state index contributed by atoms with van der Waals surface area (Å²) in [5, 5.41) is 9.56. The van der Waals surface area contributed by atoms with Crippen molar-refractivity contribution in [2.24, 2.45) is 61.9 Å². The smallest absolute Gasteiger partial charge is 0.309 e. The number of aliphatic carboxylic acids is 1. The second-order valence-electron chi connectivity index (χ2n) is 18.3. The third-order valence-corrected chi connectivity index (χ3v) is 15.0. The molecule has 0 aromatic rings. The zero-order valence-electron chi connectivity index (χ0n) is 30.6. The van der Waals surface area contributed by atoms with E-state index in [4.69, 9.17) is 10.5 Å². The number of ether oxygens (including phenoxy) is 1. The van der Waals surface area contributed by atoms with Crippen LogP contribution >= 0.6 is 12.4 Å². The number of allylic oxidation sites excluding steroid dienone is 2. The summed E-state index contributed by atoms with van der Waals surface area (Å²) in [6.07, 6.45) is 8.79. The molecule has 5 aliphatic carbocycles. The number of carbonyl (C=O) groups excluding carboxylic acids is 3. The minimum absolute atomic E-state index is 0. The van der Waals surface area contributed by atoms with Crippen molar-refractivity contribution in [3.63, 3.8) is 0 Å². The molecule has 0 aromatic heterocycles. The summed E-state index contributed by atoms with van der Waals surface area (Å²) in [7, 11) is 0. The maximum atomic E-state index is 14.0. The largest absolute Gasteiger partial charge is 0.481 e. The van der Waals surface area contributed by atoms with Crippen LogP contribution in [0, 0.1) is 56.2 Å². The van der Waals surface area contributed by atoms with E-state index in [1.165, 1.54) is 5.57 Å². The molecule has 8 atom stereocenters. The first-order chi connectivity index (χ1) is 21.2. The Bertz CT molecular complexity index is 1330. The van der Waals surface area contributed by atoms with Crippen molar-refractivity contribution in [1.29, 1.82) is 0 Å². The number of hydrogen-bond acceptors (Lipinski definition) is 6. The van der Waals surface area contributed by atoms with Crippen LogP contribution < -0.4 is 5.73 Å². The van der Waals surface area contributed by atoms with Gasteiger partial charge in [-0.25, -0.2) is 0 Å². The standard InChI is InChI=1S/C39H61NO6.ClH/c1-23(2)31-25(41)21-39(28(42)11-10-20-40)19-18-37(8)24(32(31)39)12-13-27-36(7)16-15-29(46-30(43)22-34(3,4)33(44)45)35(5,6)26(36)14-17-38(27,37)9;/h23-24,26-27,29H,10-22,40H2,1-9H3,(H,44,45);1H/t24-,26+,27-,29+,36+,37-,38-,39+;/m1./s1. The van der Waals surface area contributed by atoms with Crippen molar-refractivity contribution >= 4 is 35.9 Å². The highest BCUT2D eigenvalue weighted by Gasteiger charge is 2.70. The Kier molecular flexibility index (Phi) is 10.2. The quantitative estimate of drug-likeness (QED) is 0.237. The molecule has 5 rings (SSSR count). The van der Waals surface area contributed by atoms with Gasteiger partial charge in [0.05, 0.1) is 17.3 Å². The van der Waals surface area contributed by atoms with E-state index in [1.54, 1.807) is 13.8 Å². The number of ketones is 2. The molecule has 0 heterocycles. The molecule has 0 aliphatic heterocycles. The van der Waals surface area contributed by atoms with Gasteiger partial charge in [-0.2, -0.15) is 0 Å². The zero-order valence-corrected chi connectivity index (χ0v) is 31.4. The number of esters is 1. The lowest BCUT2D eigenvalue weighted by Crippen LogP contribution is -2.66. The first kappa shape index (κ1) is 38.1. The number of hydrogen-bond donors (Lipinski definition) is 2. The van der Waals surface area contributed by atoms with E-state index in [2.05, 4.69) is 48.5 Å². The number of carbonyl (C=O) groups is 4. The Morgan fingerprint density at radius 2 is 1.60 bits per heavy atom. The Morgan fingerprint density at radius 1 is 0.936 bits per heavy atom. The van der Waals surface area contributed by atoms with Gasteiger partial charge >= 0.3 is 11.9 Å². The van der Waals surface area contributed by atoms with Crippen molar-refractivity contribution < 1.29 is 29.0 Å². The lowest BCUT2D eigenvalue weighted by molar-refractivity contribution is -0.233. The van der Waals surface area contributed by atoms with Crippen molar-refractivity contribution in [3.8, 4) is 0 Å². The number of fused-ring (bicyclic) bond motifs is 7. The molecule has 0 spiro atoms. The lowest BCUT2D eigenvalue weighted by Gasteiger charge is -2.72. The number of nitrogens with two attached hydrogens (primary N) is 1. The molecule has 5 aliphatic rings. The third-order valence-electron chi connectivity index (χ3n) is 15.0. The van der Waals surface area contributed by atoms with Crippen LogP contribution in [0.3, 0.4) is 0 Å². The van der Waals surface area contributed by atoms with E-state index in [1.807, 2.05) is 0 Å². The Balaban J connectivity index is 0.00000500. The van der Waals surface area contributed by atoms with Crippen LogP contribution in [-0.2, 0) is 23.9 Å². The van der Waals surface area contributed by atoms with Crippen LogP contribution in [0.5, 0.6) is 0 Å². The highest BCUT2D eigenvalue weighted by molar-refractivity contribution is 6.07. The fourth-order valence-electron chi connectivity index (χ4n) is 12.3. The minimum Gasteiger partial charge on any atom is -0.481 e. The normalized spacial score (nSPS) is 39.3. The number of rotatable bonds is 9. The van der Waals surface area contributed by atoms with Crippen LogP contribution in [0.25, 0.3) is 0 Å². The molecular weight excluding hydrogens is 614 g/mol. The van der Waals surface area contributed by atoms with Crippen LogP contribution in [0.15, 0.2) is 11.1 Å². The Labute approximate surface area is 289 Å². The van der Waals surface area contributed by atoms with Gasteiger partial charge in [-0.1, -0.05) is 48.5 Å². The van der Waals surface area contributed by atoms with E-state index < -0.39 is 22.8 Å². The maximum absolute atomic E-state index is 14.0. The molecule has 266 valence electrons. The van der Waals surface area contributed by atoms with Gasteiger partial charge in [-0.05, 0) is 129 Å². The van der Waals surface area contributed by atoms with Crippen molar-refractivity contribution in [3.05, 3.63) is 11.1 Å². The fourth-order valence-corrected chi connectivity index (χ4v) is 12.3. The van der Waals surface area contributed by atoms with Gasteiger partial charge in [0.1, 0.15) is 11.9 Å². The molecule has 0 aromatic carbocycles. The summed E-state index contributed by atoms with van der Waals surface area (Å²) in [6, 6.07) is 0. The zero-order chi connectivity index (χ0) is 34.3. The van der Waals surface area contributed by atoms with E-state index in [-0.39, 0.29) is 70.0 Å². The van der Waals surface area contributed by atoms with Crippen LogP contribution in [0.1, 0.15) is 139 Å². The summed E-state index contributed by atoms with van der Waals surface area (Å²) < 4.78 is 6.13. The molecular formula is C39H62ClNO6. The third kappa shape index (κ3) is 5.56. The van der Waals surface area contributed by atoms with Gasteiger partial charge < -0.3 is 15.6 Å². The minimum atomic E-state index is -1.16. The van der Waals surface area contributed by atoms with Crippen LogP contribution in [0.4, 0.5) is 0 Å². The van der Waals surface area contributed by atoms with Gasteiger partial charge in [-0.15, -0.1) is 12.4 Å². The SMILES string of the molecule is CC(C)C1=C2[C@H]3CC[C@@H]4[C@@]5(C)CC[C@H](OC(=O)CC(C)(C)C(=O)O)C(C)(C)[C@@H]5CC[C@@]4(C)[C@]3(C)CC[C@@]2(C(=O)CCCN)CC1=O.Cl. The van der Waals surface area contributed by atoms with Gasteiger partial charge in [0.25, 0.3) is 0 Å². The molecule has 0 unspecified atom stereocenters. The monoisotopic (exact) mass is 675 g/mol. The molecule has 7 nitrogen and oxygen atoms in total. The van der Waals surface area contributed by atoms with Crippen molar-refractivity contribution in [1.82, 2.24) is 0 Å². The number of halogens is 1. The van der Waals surface area contributed by atoms with E-state index in [0.29, 0.717) is 37.6 Å². The van der Waals surface area contributed by atoms with Crippen molar-refractivity contribution in [2.45, 2.75) is 145 Å². The summed E-state index contributed by atoms with van der Waals surface area (Å²) in [4.78, 5) is 52.5. The van der Waals surface area contributed by atoms with Crippen LogP contribution in [-0.4, -0.2) is 41.3 Å². The molecule has 4 saturated carbocycles. The summed E-state index contributed by atoms with van der Waals surface area (Å²) >= 11 is 0. The average Bonchev–Trinajstić information content (AvgIpc) is 3.26. The van der Waals surface area contributed by atoms with Gasteiger partial charge in [0, 0.05) is 18.3 Å². The second kappa shape index (κ2) is 12.5. The Hall–Kier alpha value is -1.73. The van der Waals surface area contributed by atoms with E-state index >= 15 is 0 Å². The number of carboxylic acid groups (broad SMARTS) is 1. The molecule has 8 heteroatoms. The van der Waals surface area contributed by atoms with Crippen LogP contribution in [0.2, 0.25) is 0 Å². The molecule has 47 heavy (non-hydrogen) atoms. The van der Waals surface area contributed by atoms with E-state index in [0.717, 1.165) is 56.9 Å². The highest BCUT2D eigenvalue weighted by Crippen LogP contribution is 2.77. The topological polar surface area (TPSA) is 124 Å². The molecule has 3 N–H and O–H groups in total. The Morgan fingerprint density at radius 3 is 2.19 bits per heavy atom. The first-order valence-corrected chi connectivity index (χ1v) is 18.2. The number of carboxylic acids is 1. The van der Waals surface area contributed by atoms with Crippen molar-refractivity contribution in [2.75, 3.05) is 6.54 Å². The fraction of sp³-hybridized carbons (Fsp3) is 0.846. The average molecular weight is 676 g/mol. The molecule has 0 saturated heterocycles. The molecule has 4 fully saturated rings. The highest BCUT2D eigenvalue weighted by atomic mass is 35.5. The van der Waals surface area contributed by atoms with Gasteiger partial charge in [0.15, 0.2) is 5.78 Å². The first-order valence-electron chi connectivity index (χ1n) is 18.2. The summed E-state index contributed by atoms with van der Waals surface area (Å²) in [5.74, 6) is 0.217. The molecule has 0 bridgehead atoms. The second-order valence-corrected chi connectivity index (χ2v) is 18.3. The van der Waals surface area contributed by atoms with Gasteiger partial charge in [-0.3, -0.25) is 19.2 Å². The molecule has 0 amide bonds. The summed E-state index contributed by atoms with van der Waals surface area (Å²) in [6.45, 7) is 19.9. The van der Waals surface area contributed by atoms with E-state index in [9.17, 15) is 24.3 Å². The predicted octanol–water partition coefficient (Wildman–Crippen LogP) is 8.11. The predicted molar refractivity (Wildman–Crippen MR) is 186 cm³/mol. The summed E-state index contributed by atoms with van der Waals surface area (Å²) in [5.41, 5.74) is 6.08.